The zero-order chi connectivity index (χ0) is 14.0. The molecule has 0 amide bonds. The van der Waals surface area contributed by atoms with Crippen LogP contribution in [0.1, 0.15) is 23.7 Å². The first-order valence-electron chi connectivity index (χ1n) is 6.41. The zero-order valence-electron chi connectivity index (χ0n) is 11.8. The van der Waals surface area contributed by atoms with E-state index in [-0.39, 0.29) is 0 Å². The second kappa shape index (κ2) is 5.26. The molecule has 0 saturated carbocycles. The Hall–Kier alpha value is -2.10. The van der Waals surface area contributed by atoms with Gasteiger partial charge in [-0.15, -0.1) is 0 Å². The summed E-state index contributed by atoms with van der Waals surface area (Å²) in [6.45, 7) is 5.84. The Kier molecular flexibility index (Phi) is 3.69. The average molecular weight is 257 g/mol. The lowest BCUT2D eigenvalue weighted by Gasteiger charge is -2.09. The van der Waals surface area contributed by atoms with Gasteiger partial charge in [-0.2, -0.15) is 0 Å². The fraction of sp³-hybridized carbons (Fsp3) is 0.333. The Balaban J connectivity index is 2.58. The minimum Gasteiger partial charge on any atom is -0.507 e. The molecule has 0 bridgehead atoms. The molecule has 100 valence electrons. The van der Waals surface area contributed by atoms with E-state index in [2.05, 4.69) is 22.2 Å². The molecule has 19 heavy (non-hydrogen) atoms. The molecule has 0 aliphatic rings. The van der Waals surface area contributed by atoms with E-state index in [0.717, 1.165) is 34.6 Å². The van der Waals surface area contributed by atoms with Crippen molar-refractivity contribution in [3.05, 3.63) is 35.0 Å². The summed E-state index contributed by atoms with van der Waals surface area (Å²) < 4.78 is 0. The summed E-state index contributed by atoms with van der Waals surface area (Å²) in [7, 11) is 1.85. The fourth-order valence-electron chi connectivity index (χ4n) is 2.02. The van der Waals surface area contributed by atoms with E-state index in [1.54, 1.807) is 0 Å². The van der Waals surface area contributed by atoms with E-state index in [9.17, 15) is 5.11 Å². The van der Waals surface area contributed by atoms with Crippen LogP contribution < -0.4 is 5.32 Å². The Morgan fingerprint density at radius 3 is 2.26 bits per heavy atom. The molecule has 0 spiro atoms. The molecule has 2 aromatic rings. The highest BCUT2D eigenvalue weighted by Crippen LogP contribution is 2.28. The molecule has 0 saturated heterocycles. The maximum Gasteiger partial charge on any atom is 0.161 e. The number of hydrogen-bond donors (Lipinski definition) is 2. The number of anilines is 1. The Morgan fingerprint density at radius 1 is 1.11 bits per heavy atom. The van der Waals surface area contributed by atoms with Crippen LogP contribution in [-0.4, -0.2) is 22.1 Å². The fourth-order valence-corrected chi connectivity index (χ4v) is 2.02. The number of aromatic hydroxyl groups is 1. The molecule has 0 aliphatic carbocycles. The molecule has 0 atom stereocenters. The minimum atomic E-state index is 0.337. The highest BCUT2D eigenvalue weighted by Gasteiger charge is 2.09. The van der Waals surface area contributed by atoms with Gasteiger partial charge in [0.15, 0.2) is 5.82 Å². The molecule has 0 radical (unpaired) electrons. The molecule has 0 unspecified atom stereocenters. The summed E-state index contributed by atoms with van der Waals surface area (Å²) in [6, 6.07) is 5.77. The van der Waals surface area contributed by atoms with E-state index in [1.165, 1.54) is 0 Å². The number of aromatic nitrogens is 2. The van der Waals surface area contributed by atoms with Gasteiger partial charge in [-0.05, 0) is 43.5 Å². The molecule has 1 aromatic heterocycles. The first-order valence-corrected chi connectivity index (χ1v) is 6.41. The van der Waals surface area contributed by atoms with Crippen molar-refractivity contribution in [2.75, 3.05) is 12.4 Å². The standard InChI is InChI=1S/C15H19N3O/c1-5-12-8-13(16-4)18-15(17-12)11-6-9(2)14(19)10(3)7-11/h6-8,19H,5H2,1-4H3,(H,16,17,18). The van der Waals surface area contributed by atoms with Gasteiger partial charge in [0.1, 0.15) is 11.6 Å². The van der Waals surface area contributed by atoms with Gasteiger partial charge in [-0.3, -0.25) is 0 Å². The molecule has 1 heterocycles. The normalized spacial score (nSPS) is 10.5. The summed E-state index contributed by atoms with van der Waals surface area (Å²) in [6.07, 6.45) is 0.861. The second-order valence-corrected chi connectivity index (χ2v) is 4.63. The van der Waals surface area contributed by atoms with Crippen molar-refractivity contribution < 1.29 is 5.11 Å². The lowest BCUT2D eigenvalue weighted by atomic mass is 10.1. The molecule has 4 nitrogen and oxygen atoms in total. The molecule has 0 aliphatic heterocycles. The maximum absolute atomic E-state index is 9.83. The number of nitrogens with zero attached hydrogens (tertiary/aromatic N) is 2. The van der Waals surface area contributed by atoms with E-state index < -0.39 is 0 Å². The van der Waals surface area contributed by atoms with Crippen molar-refractivity contribution in [1.82, 2.24) is 9.97 Å². The predicted molar refractivity (Wildman–Crippen MR) is 77.5 cm³/mol. The molecular formula is C15H19N3O. The third-order valence-electron chi connectivity index (χ3n) is 3.15. The van der Waals surface area contributed by atoms with Crippen LogP contribution in [0.15, 0.2) is 18.2 Å². The Bertz CT molecular complexity index is 563. The minimum absolute atomic E-state index is 0.337. The van der Waals surface area contributed by atoms with Gasteiger partial charge in [0.2, 0.25) is 0 Å². The Morgan fingerprint density at radius 2 is 1.74 bits per heavy atom. The first kappa shape index (κ1) is 13.3. The van der Waals surface area contributed by atoms with E-state index in [0.29, 0.717) is 11.6 Å². The quantitative estimate of drug-likeness (QED) is 0.887. The van der Waals surface area contributed by atoms with Crippen molar-refractivity contribution >= 4 is 5.82 Å². The summed E-state index contributed by atoms with van der Waals surface area (Å²) in [5.74, 6) is 1.84. The van der Waals surface area contributed by atoms with Crippen LogP contribution in [0.25, 0.3) is 11.4 Å². The van der Waals surface area contributed by atoms with Crippen molar-refractivity contribution in [3.63, 3.8) is 0 Å². The van der Waals surface area contributed by atoms with Crippen LogP contribution in [0.4, 0.5) is 5.82 Å². The maximum atomic E-state index is 9.83. The first-order chi connectivity index (χ1) is 9.05. The van der Waals surface area contributed by atoms with Crippen LogP contribution in [0.5, 0.6) is 5.75 Å². The van der Waals surface area contributed by atoms with Gasteiger partial charge in [0.05, 0.1) is 0 Å². The van der Waals surface area contributed by atoms with Gasteiger partial charge in [-0.25, -0.2) is 9.97 Å². The third-order valence-corrected chi connectivity index (χ3v) is 3.15. The van der Waals surface area contributed by atoms with Gasteiger partial charge >= 0.3 is 0 Å². The van der Waals surface area contributed by atoms with Crippen LogP contribution in [0.3, 0.4) is 0 Å². The van der Waals surface area contributed by atoms with Crippen LogP contribution in [0, 0.1) is 13.8 Å². The number of aryl methyl sites for hydroxylation is 3. The van der Waals surface area contributed by atoms with Crippen molar-refractivity contribution in [2.24, 2.45) is 0 Å². The molecule has 2 rings (SSSR count). The number of rotatable bonds is 3. The summed E-state index contributed by atoms with van der Waals surface area (Å²) >= 11 is 0. The lowest BCUT2D eigenvalue weighted by Crippen LogP contribution is -2.00. The van der Waals surface area contributed by atoms with E-state index in [1.807, 2.05) is 39.1 Å². The van der Waals surface area contributed by atoms with E-state index in [4.69, 9.17) is 0 Å². The highest BCUT2D eigenvalue weighted by atomic mass is 16.3. The number of phenols is 1. The van der Waals surface area contributed by atoms with Crippen LogP contribution in [0.2, 0.25) is 0 Å². The number of nitrogens with one attached hydrogen (secondary N) is 1. The molecule has 0 fully saturated rings. The molecule has 1 aromatic carbocycles. The van der Waals surface area contributed by atoms with Crippen LogP contribution in [-0.2, 0) is 6.42 Å². The third kappa shape index (κ3) is 2.67. The topological polar surface area (TPSA) is 58.0 Å². The van der Waals surface area contributed by atoms with E-state index >= 15 is 0 Å². The largest absolute Gasteiger partial charge is 0.507 e. The van der Waals surface area contributed by atoms with Gasteiger partial charge in [0.25, 0.3) is 0 Å². The highest BCUT2D eigenvalue weighted by molar-refractivity contribution is 5.62. The summed E-state index contributed by atoms with van der Waals surface area (Å²) in [5, 5.41) is 12.9. The smallest absolute Gasteiger partial charge is 0.161 e. The van der Waals surface area contributed by atoms with Gasteiger partial charge < -0.3 is 10.4 Å². The Labute approximate surface area is 113 Å². The van der Waals surface area contributed by atoms with Crippen LogP contribution >= 0.6 is 0 Å². The van der Waals surface area contributed by atoms with Crippen molar-refractivity contribution in [3.8, 4) is 17.1 Å². The number of phenolic OH excluding ortho intramolecular Hbond substituents is 1. The van der Waals surface area contributed by atoms with Crippen molar-refractivity contribution in [2.45, 2.75) is 27.2 Å². The monoisotopic (exact) mass is 257 g/mol. The number of hydrogen-bond acceptors (Lipinski definition) is 4. The van der Waals surface area contributed by atoms with Crippen molar-refractivity contribution in [1.29, 1.82) is 0 Å². The average Bonchev–Trinajstić information content (AvgIpc) is 2.43. The lowest BCUT2D eigenvalue weighted by molar-refractivity contribution is 0.467. The summed E-state index contributed by atoms with van der Waals surface area (Å²) in [5.41, 5.74) is 3.61. The van der Waals surface area contributed by atoms with Gasteiger partial charge in [-0.1, -0.05) is 6.92 Å². The molecular weight excluding hydrogens is 238 g/mol. The van der Waals surface area contributed by atoms with Gasteiger partial charge in [0, 0.05) is 24.4 Å². The zero-order valence-corrected chi connectivity index (χ0v) is 11.8. The molecule has 2 N–H and O–H groups in total. The molecule has 4 heteroatoms. The SMILES string of the molecule is CCc1cc(NC)nc(-c2cc(C)c(O)c(C)c2)n1. The number of benzene rings is 1. The predicted octanol–water partition coefficient (Wildman–Crippen LogP) is 3.07. The summed E-state index contributed by atoms with van der Waals surface area (Å²) in [4.78, 5) is 9.03. The second-order valence-electron chi connectivity index (χ2n) is 4.63.